The van der Waals surface area contributed by atoms with Crippen molar-refractivity contribution in [3.05, 3.63) is 74.2 Å². The van der Waals surface area contributed by atoms with E-state index in [0.29, 0.717) is 0 Å². The molecule has 0 saturated carbocycles. The number of carbonyl (C=O) groups excluding carboxylic acids is 2. The largest absolute Gasteiger partial charge is 0.399 e. The predicted octanol–water partition coefficient (Wildman–Crippen LogP) is 6.72. The number of hydrogen-bond acceptors (Lipinski definition) is 2. The molecule has 0 aliphatic heterocycles. The van der Waals surface area contributed by atoms with Crippen molar-refractivity contribution in [2.24, 2.45) is 0 Å². The van der Waals surface area contributed by atoms with Gasteiger partial charge in [0.05, 0.1) is 21.0 Å². The fraction of sp³-hybridized carbons (Fsp3) is 0.200. The first-order valence-corrected chi connectivity index (χ1v) is 9.96. The first-order valence-electron chi connectivity index (χ1n) is 8.82. The van der Waals surface area contributed by atoms with Gasteiger partial charge in [-0.1, -0.05) is 59.1 Å². The number of amides is 2. The minimum Gasteiger partial charge on any atom is -0.273 e. The van der Waals surface area contributed by atoms with Crippen LogP contribution in [-0.4, -0.2) is 24.2 Å². The summed E-state index contributed by atoms with van der Waals surface area (Å²) in [4.78, 5) is 23.0. The summed E-state index contributed by atoms with van der Waals surface area (Å²) in [5.74, 6) is -4.44. The molecule has 2 aromatic carbocycles. The van der Waals surface area contributed by atoms with Crippen molar-refractivity contribution < 1.29 is 35.9 Å². The van der Waals surface area contributed by atoms with E-state index in [4.69, 9.17) is 34.8 Å². The van der Waals surface area contributed by atoms with Crippen molar-refractivity contribution in [3.63, 3.8) is 0 Å². The maximum atomic E-state index is 13.6. The van der Waals surface area contributed by atoms with Gasteiger partial charge < -0.3 is 0 Å². The van der Waals surface area contributed by atoms with Gasteiger partial charge in [-0.3, -0.25) is 20.4 Å². The van der Waals surface area contributed by atoms with Crippen LogP contribution in [0.15, 0.2) is 42.5 Å². The molecule has 33 heavy (non-hydrogen) atoms. The number of nitrogens with one attached hydrogen (secondary N) is 2. The van der Waals surface area contributed by atoms with E-state index in [2.05, 4.69) is 0 Å². The maximum absolute atomic E-state index is 13.6. The van der Waals surface area contributed by atoms with E-state index in [1.807, 2.05) is 0 Å². The van der Waals surface area contributed by atoms with E-state index in [9.17, 15) is 35.9 Å². The van der Waals surface area contributed by atoms with Crippen molar-refractivity contribution in [1.82, 2.24) is 10.9 Å². The Morgan fingerprint density at radius 3 is 1.94 bits per heavy atom. The van der Waals surface area contributed by atoms with Crippen LogP contribution in [0.5, 0.6) is 0 Å². The molecule has 0 fully saturated rings. The van der Waals surface area contributed by atoms with E-state index in [1.165, 1.54) is 24.3 Å². The van der Waals surface area contributed by atoms with Crippen LogP contribution >= 0.6 is 34.8 Å². The summed E-state index contributed by atoms with van der Waals surface area (Å²) in [7, 11) is 0. The third-order valence-electron chi connectivity index (χ3n) is 4.05. The zero-order valence-electron chi connectivity index (χ0n) is 16.1. The van der Waals surface area contributed by atoms with Crippen LogP contribution in [0.4, 0.5) is 26.3 Å². The van der Waals surface area contributed by atoms with Gasteiger partial charge in [0.2, 0.25) is 5.91 Å². The zero-order valence-corrected chi connectivity index (χ0v) is 18.4. The summed E-state index contributed by atoms with van der Waals surface area (Å²) in [6.07, 6.45) is -9.17. The molecule has 2 rings (SSSR count). The second kappa shape index (κ2) is 10.7. The summed E-state index contributed by atoms with van der Waals surface area (Å²) in [5.41, 5.74) is 3.42. The molecular formula is C20H13Cl3F6N2O2. The number of rotatable bonds is 5. The standard InChI is InChI=1S/C20H13Cl3F6N2O2/c21-14-7-12(8-15(22)17(14)23)13(20(27,28)29)6-3-10-1-4-11(5-2-10)18(33)31-30-16(32)9-19(24,25)26/h1-8,13H,9H2,(H,30,32)(H,31,33)/b6-3+. The molecule has 4 nitrogen and oxygen atoms in total. The van der Waals surface area contributed by atoms with Gasteiger partial charge in [0.15, 0.2) is 0 Å². The fourth-order valence-electron chi connectivity index (χ4n) is 2.54. The van der Waals surface area contributed by atoms with Gasteiger partial charge in [0.25, 0.3) is 5.91 Å². The highest BCUT2D eigenvalue weighted by molar-refractivity contribution is 6.48. The van der Waals surface area contributed by atoms with E-state index >= 15 is 0 Å². The highest BCUT2D eigenvalue weighted by Crippen LogP contribution is 2.41. The second-order valence-corrected chi connectivity index (χ2v) is 7.79. The fourth-order valence-corrected chi connectivity index (χ4v) is 3.15. The van der Waals surface area contributed by atoms with E-state index < -0.39 is 36.5 Å². The lowest BCUT2D eigenvalue weighted by molar-refractivity contribution is -0.154. The van der Waals surface area contributed by atoms with Crippen molar-refractivity contribution in [1.29, 1.82) is 0 Å². The molecule has 0 aliphatic carbocycles. The van der Waals surface area contributed by atoms with Crippen molar-refractivity contribution in [2.45, 2.75) is 24.7 Å². The Labute approximate surface area is 198 Å². The molecule has 0 aromatic heterocycles. The Hall–Kier alpha value is -2.43. The quantitative estimate of drug-likeness (QED) is 0.255. The minimum atomic E-state index is -4.74. The summed E-state index contributed by atoms with van der Waals surface area (Å²) in [6, 6.07) is 7.14. The van der Waals surface area contributed by atoms with Gasteiger partial charge in [0, 0.05) is 5.56 Å². The lowest BCUT2D eigenvalue weighted by atomic mass is 9.97. The maximum Gasteiger partial charge on any atom is 0.399 e. The zero-order chi connectivity index (χ0) is 25.0. The van der Waals surface area contributed by atoms with Crippen LogP contribution in [0, 0.1) is 0 Å². The average molecular weight is 534 g/mol. The van der Waals surface area contributed by atoms with Crippen LogP contribution in [0.1, 0.15) is 33.8 Å². The van der Waals surface area contributed by atoms with Gasteiger partial charge in [-0.05, 0) is 35.4 Å². The SMILES string of the molecule is O=C(CC(F)(F)F)NNC(=O)c1ccc(/C=C/C(c2cc(Cl)c(Cl)c(Cl)c2)C(F)(F)F)cc1. The monoisotopic (exact) mass is 532 g/mol. The Morgan fingerprint density at radius 1 is 0.909 bits per heavy atom. The Bertz CT molecular complexity index is 1030. The number of hydrogen-bond donors (Lipinski definition) is 2. The van der Waals surface area contributed by atoms with E-state index in [1.54, 1.807) is 10.9 Å². The first-order chi connectivity index (χ1) is 15.2. The molecule has 2 amide bonds. The summed E-state index contributed by atoms with van der Waals surface area (Å²) >= 11 is 17.4. The summed E-state index contributed by atoms with van der Waals surface area (Å²) < 4.78 is 77.0. The highest BCUT2D eigenvalue weighted by atomic mass is 35.5. The number of halogens is 9. The molecule has 2 aromatic rings. The van der Waals surface area contributed by atoms with Crippen LogP contribution in [0.3, 0.4) is 0 Å². The molecule has 0 spiro atoms. The van der Waals surface area contributed by atoms with Gasteiger partial charge in [-0.25, -0.2) is 0 Å². The number of hydrazine groups is 1. The molecule has 0 bridgehead atoms. The molecular weight excluding hydrogens is 521 g/mol. The van der Waals surface area contributed by atoms with Gasteiger partial charge in [-0.2, -0.15) is 26.3 Å². The molecule has 13 heteroatoms. The minimum absolute atomic E-state index is 0.0527. The number of alkyl halides is 6. The van der Waals surface area contributed by atoms with Crippen molar-refractivity contribution in [3.8, 4) is 0 Å². The molecule has 178 valence electrons. The Balaban J connectivity index is 2.12. The molecule has 0 saturated heterocycles. The topological polar surface area (TPSA) is 58.2 Å². The Morgan fingerprint density at radius 2 is 1.45 bits per heavy atom. The lowest BCUT2D eigenvalue weighted by Crippen LogP contribution is -2.43. The van der Waals surface area contributed by atoms with Crippen molar-refractivity contribution in [2.75, 3.05) is 0 Å². The first kappa shape index (κ1) is 26.8. The van der Waals surface area contributed by atoms with Crippen LogP contribution in [-0.2, 0) is 4.79 Å². The highest BCUT2D eigenvalue weighted by Gasteiger charge is 2.39. The average Bonchev–Trinajstić information content (AvgIpc) is 2.68. The molecule has 2 N–H and O–H groups in total. The third-order valence-corrected chi connectivity index (χ3v) is 5.25. The Kier molecular flexibility index (Phi) is 8.67. The van der Waals surface area contributed by atoms with Crippen LogP contribution in [0.25, 0.3) is 6.08 Å². The number of carbonyl (C=O) groups is 2. The normalized spacial score (nSPS) is 13.1. The molecule has 1 unspecified atom stereocenters. The smallest absolute Gasteiger partial charge is 0.273 e. The molecule has 1 atom stereocenters. The van der Waals surface area contributed by atoms with Crippen molar-refractivity contribution >= 4 is 52.7 Å². The third kappa shape index (κ3) is 8.13. The lowest BCUT2D eigenvalue weighted by Gasteiger charge is -2.18. The summed E-state index contributed by atoms with van der Waals surface area (Å²) in [6.45, 7) is 0. The number of benzene rings is 2. The molecule has 0 radical (unpaired) electrons. The van der Waals surface area contributed by atoms with Gasteiger partial charge in [0.1, 0.15) is 6.42 Å². The van der Waals surface area contributed by atoms with Crippen LogP contribution in [0.2, 0.25) is 15.1 Å². The second-order valence-electron chi connectivity index (χ2n) is 6.59. The molecule has 0 heterocycles. The summed E-state index contributed by atoms with van der Waals surface area (Å²) in [5, 5.41) is -0.352. The van der Waals surface area contributed by atoms with Gasteiger partial charge >= 0.3 is 12.4 Å². The number of allylic oxidation sites excluding steroid dienone is 1. The van der Waals surface area contributed by atoms with Gasteiger partial charge in [-0.15, -0.1) is 0 Å². The van der Waals surface area contributed by atoms with E-state index in [0.717, 1.165) is 24.3 Å². The van der Waals surface area contributed by atoms with Crippen LogP contribution < -0.4 is 10.9 Å². The predicted molar refractivity (Wildman–Crippen MR) is 112 cm³/mol. The van der Waals surface area contributed by atoms with E-state index in [-0.39, 0.29) is 31.8 Å². The molecule has 0 aliphatic rings.